The van der Waals surface area contributed by atoms with Gasteiger partial charge in [-0.2, -0.15) is 15.8 Å². The van der Waals surface area contributed by atoms with Crippen LogP contribution in [0, 0.1) is 0 Å². The van der Waals surface area contributed by atoms with Crippen LogP contribution < -0.4 is 0 Å². The van der Waals surface area contributed by atoms with Crippen LogP contribution in [-0.2, 0) is 0 Å². The van der Waals surface area contributed by atoms with E-state index >= 15 is 0 Å². The standard InChI is InChI=1S/C4H8BBr/c1-2-3-4-5-6/h2,5H,1,3-4H2. The highest BCUT2D eigenvalue weighted by atomic mass is 79.9. The van der Waals surface area contributed by atoms with E-state index in [0.29, 0.717) is 0 Å². The Morgan fingerprint density at radius 3 is 2.67 bits per heavy atom. The molecule has 0 unspecified atom stereocenters. The molecule has 0 aromatic carbocycles. The van der Waals surface area contributed by atoms with Crippen molar-refractivity contribution in [1.82, 2.24) is 0 Å². The fourth-order valence-corrected chi connectivity index (χ4v) is 0.545. The van der Waals surface area contributed by atoms with Gasteiger partial charge < -0.3 is 0 Å². The van der Waals surface area contributed by atoms with Crippen molar-refractivity contribution in [3.8, 4) is 0 Å². The molecule has 6 heavy (non-hydrogen) atoms. The summed E-state index contributed by atoms with van der Waals surface area (Å²) in [6.45, 7) is 3.58. The minimum atomic E-state index is 1.10. The molecule has 0 fully saturated rings. The Bertz CT molecular complexity index is 36.5. The summed E-state index contributed by atoms with van der Waals surface area (Å²) in [5.74, 6) is 0. The van der Waals surface area contributed by atoms with Crippen LogP contribution in [0.2, 0.25) is 6.32 Å². The average molecular weight is 147 g/mol. The zero-order chi connectivity index (χ0) is 4.83. The zero-order valence-corrected chi connectivity index (χ0v) is 5.37. The highest BCUT2D eigenvalue weighted by Crippen LogP contribution is 1.90. The molecule has 34 valence electrons. The molecule has 0 bridgehead atoms. The molecule has 0 saturated heterocycles. The maximum absolute atomic E-state index is 3.58. The second kappa shape index (κ2) is 5.28. The van der Waals surface area contributed by atoms with E-state index in [2.05, 4.69) is 22.3 Å². The van der Waals surface area contributed by atoms with Gasteiger partial charge in [0.1, 0.15) is 0 Å². The summed E-state index contributed by atoms with van der Waals surface area (Å²) in [5, 5.41) is 0. The van der Waals surface area contributed by atoms with Gasteiger partial charge in [-0.3, -0.25) is 0 Å². The van der Waals surface area contributed by atoms with E-state index in [1.165, 1.54) is 6.32 Å². The van der Waals surface area contributed by atoms with Crippen LogP contribution in [0.4, 0.5) is 0 Å². The summed E-state index contributed by atoms with van der Waals surface area (Å²) >= 11 is 3.30. The first-order valence-corrected chi connectivity index (χ1v) is 3.21. The van der Waals surface area contributed by atoms with Crippen LogP contribution in [0.15, 0.2) is 12.7 Å². The molecule has 0 saturated carbocycles. The van der Waals surface area contributed by atoms with Crippen LogP contribution in [0.1, 0.15) is 6.42 Å². The Balaban J connectivity index is 2.49. The topological polar surface area (TPSA) is 0 Å². The molecular formula is C4H8BBr. The zero-order valence-electron chi connectivity index (χ0n) is 3.78. The molecule has 0 nitrogen and oxygen atoms in total. The lowest BCUT2D eigenvalue weighted by Crippen LogP contribution is -1.70. The van der Waals surface area contributed by atoms with Gasteiger partial charge in [0.05, 0.1) is 0 Å². The van der Waals surface area contributed by atoms with Gasteiger partial charge in [-0.05, 0) is 6.42 Å². The molecule has 0 radical (unpaired) electrons. The van der Waals surface area contributed by atoms with E-state index in [1.807, 2.05) is 6.08 Å². The van der Waals surface area contributed by atoms with E-state index in [-0.39, 0.29) is 0 Å². The van der Waals surface area contributed by atoms with Crippen LogP contribution >= 0.6 is 15.8 Å². The first-order chi connectivity index (χ1) is 2.91. The van der Waals surface area contributed by atoms with Gasteiger partial charge in [0, 0.05) is 0 Å². The third-order valence-electron chi connectivity index (χ3n) is 0.542. The molecule has 0 aromatic heterocycles. The first-order valence-electron chi connectivity index (χ1n) is 2.08. The molecule has 0 spiro atoms. The fraction of sp³-hybridized carbons (Fsp3) is 0.500. The van der Waals surface area contributed by atoms with Crippen molar-refractivity contribution < 1.29 is 0 Å². The van der Waals surface area contributed by atoms with Crippen LogP contribution in [0.3, 0.4) is 0 Å². The van der Waals surface area contributed by atoms with Gasteiger partial charge >= 0.3 is 0 Å². The summed E-state index contributed by atoms with van der Waals surface area (Å²) in [7, 11) is 0. The van der Waals surface area contributed by atoms with Crippen molar-refractivity contribution in [2.24, 2.45) is 0 Å². The second-order valence-electron chi connectivity index (χ2n) is 1.12. The fourth-order valence-electron chi connectivity index (χ4n) is 0.221. The molecule has 0 N–H and O–H groups in total. The van der Waals surface area contributed by atoms with Gasteiger partial charge in [0.15, 0.2) is 0 Å². The summed E-state index contributed by atoms with van der Waals surface area (Å²) in [6.07, 6.45) is 5.37. The minimum Gasteiger partial charge on any atom is -0.162 e. The van der Waals surface area contributed by atoms with E-state index < -0.39 is 0 Å². The third-order valence-corrected chi connectivity index (χ3v) is 1.10. The molecule has 0 aliphatic carbocycles. The molecule has 0 aliphatic heterocycles. The maximum atomic E-state index is 3.58. The predicted octanol–water partition coefficient (Wildman–Crippen LogP) is 1.73. The Morgan fingerprint density at radius 2 is 2.50 bits per heavy atom. The quantitative estimate of drug-likeness (QED) is 0.323. The summed E-state index contributed by atoms with van der Waals surface area (Å²) in [5.41, 5.74) is 0. The number of allylic oxidation sites excluding steroid dienone is 1. The predicted molar refractivity (Wildman–Crippen MR) is 35.7 cm³/mol. The van der Waals surface area contributed by atoms with Gasteiger partial charge in [0.2, 0.25) is 6.10 Å². The Kier molecular flexibility index (Phi) is 5.54. The van der Waals surface area contributed by atoms with Crippen LogP contribution in [0.5, 0.6) is 0 Å². The summed E-state index contributed by atoms with van der Waals surface area (Å²) in [4.78, 5) is 0. The first kappa shape index (κ1) is 6.28. The van der Waals surface area contributed by atoms with Crippen molar-refractivity contribution in [2.45, 2.75) is 12.7 Å². The molecule has 0 rings (SSSR count). The molecule has 0 atom stereocenters. The lowest BCUT2D eigenvalue weighted by molar-refractivity contribution is 1.22. The molecule has 0 amide bonds. The highest BCUT2D eigenvalue weighted by molar-refractivity contribution is 9.23. The lowest BCUT2D eigenvalue weighted by atomic mass is 10.0. The van der Waals surface area contributed by atoms with Gasteiger partial charge in [0.25, 0.3) is 0 Å². The van der Waals surface area contributed by atoms with E-state index in [1.54, 1.807) is 0 Å². The van der Waals surface area contributed by atoms with Crippen molar-refractivity contribution >= 4 is 21.9 Å². The Hall–Kier alpha value is 0.285. The largest absolute Gasteiger partial charge is 0.205 e. The molecule has 0 aliphatic rings. The second-order valence-corrected chi connectivity index (χ2v) is 1.91. The normalized spacial score (nSPS) is 7.50. The van der Waals surface area contributed by atoms with Crippen molar-refractivity contribution in [3.63, 3.8) is 0 Å². The van der Waals surface area contributed by atoms with Crippen LogP contribution in [0.25, 0.3) is 0 Å². The molecule has 2 heteroatoms. The van der Waals surface area contributed by atoms with E-state index in [4.69, 9.17) is 0 Å². The molecule has 0 heterocycles. The summed E-state index contributed by atoms with van der Waals surface area (Å²) in [6, 6.07) is 0. The van der Waals surface area contributed by atoms with Gasteiger partial charge in [-0.1, -0.05) is 12.4 Å². The SMILES string of the molecule is C=CCCBBr. The maximum Gasteiger partial charge on any atom is 0.205 e. The number of hydrogen-bond donors (Lipinski definition) is 0. The smallest absolute Gasteiger partial charge is 0.162 e. The molecule has 0 aromatic rings. The van der Waals surface area contributed by atoms with Crippen LogP contribution in [-0.4, -0.2) is 6.10 Å². The number of rotatable bonds is 3. The summed E-state index contributed by atoms with van der Waals surface area (Å²) < 4.78 is 0. The van der Waals surface area contributed by atoms with E-state index in [9.17, 15) is 0 Å². The lowest BCUT2D eigenvalue weighted by Gasteiger charge is -1.78. The number of hydrogen-bond acceptors (Lipinski definition) is 0. The van der Waals surface area contributed by atoms with Crippen molar-refractivity contribution in [3.05, 3.63) is 12.7 Å². The Morgan fingerprint density at radius 1 is 1.83 bits per heavy atom. The average Bonchev–Trinajstić information content (AvgIpc) is 1.61. The van der Waals surface area contributed by atoms with Crippen molar-refractivity contribution in [1.29, 1.82) is 0 Å². The molecular weight excluding hydrogens is 139 g/mol. The highest BCUT2D eigenvalue weighted by Gasteiger charge is 1.76. The number of halogens is 1. The Labute approximate surface area is 47.8 Å². The van der Waals surface area contributed by atoms with Gasteiger partial charge in [-0.25, -0.2) is 0 Å². The third kappa shape index (κ3) is 4.28. The van der Waals surface area contributed by atoms with E-state index in [0.717, 1.165) is 12.5 Å². The monoisotopic (exact) mass is 146 g/mol. The van der Waals surface area contributed by atoms with Gasteiger partial charge in [-0.15, -0.1) is 6.58 Å². The minimum absolute atomic E-state index is 1.10. The van der Waals surface area contributed by atoms with Crippen molar-refractivity contribution in [2.75, 3.05) is 0 Å².